The van der Waals surface area contributed by atoms with E-state index in [1.807, 2.05) is 30.3 Å². The van der Waals surface area contributed by atoms with Gasteiger partial charge in [0.05, 0.1) is 25.7 Å². The molecule has 1 aliphatic heterocycles. The van der Waals surface area contributed by atoms with E-state index in [-0.39, 0.29) is 12.3 Å². The highest BCUT2D eigenvalue weighted by Crippen LogP contribution is 2.25. The third kappa shape index (κ3) is 7.15. The molecule has 3 heterocycles. The number of benzene rings is 1. The molecule has 180 valence electrons. The molecule has 1 saturated heterocycles. The number of thioether (sulfide) groups is 1. The molecule has 0 spiro atoms. The van der Waals surface area contributed by atoms with Gasteiger partial charge in [-0.05, 0) is 29.3 Å². The van der Waals surface area contributed by atoms with Crippen LogP contribution in [0.5, 0.6) is 0 Å². The Balaban J connectivity index is 1.45. The number of halogens is 1. The first-order valence-electron chi connectivity index (χ1n) is 11.3. The van der Waals surface area contributed by atoms with Crippen LogP contribution in [0.25, 0.3) is 0 Å². The third-order valence-electron chi connectivity index (χ3n) is 5.41. The molecule has 0 atom stereocenters. The zero-order valence-electron chi connectivity index (χ0n) is 19.1. The number of hydrogen-bond donors (Lipinski definition) is 0. The van der Waals surface area contributed by atoms with E-state index < -0.39 is 0 Å². The molecule has 1 aromatic carbocycles. The van der Waals surface area contributed by atoms with Gasteiger partial charge in [0, 0.05) is 56.0 Å². The van der Waals surface area contributed by atoms with E-state index in [0.717, 1.165) is 30.0 Å². The van der Waals surface area contributed by atoms with E-state index in [0.29, 0.717) is 47.9 Å². The quantitative estimate of drug-likeness (QED) is 0.241. The average Bonchev–Trinajstić information content (AvgIpc) is 2.90. The van der Waals surface area contributed by atoms with Crippen molar-refractivity contribution in [2.45, 2.75) is 23.9 Å². The number of amides is 1. The van der Waals surface area contributed by atoms with Gasteiger partial charge in [-0.2, -0.15) is 5.26 Å². The predicted octanol–water partition coefficient (Wildman–Crippen LogP) is 4.21. The summed E-state index contributed by atoms with van der Waals surface area (Å²) in [6, 6.07) is 15.2. The first-order chi connectivity index (χ1) is 17.1. The van der Waals surface area contributed by atoms with E-state index in [4.69, 9.17) is 21.6 Å². The zero-order valence-corrected chi connectivity index (χ0v) is 20.7. The molecular weight excluding hydrogens is 484 g/mol. The molecule has 0 saturated carbocycles. The number of anilines is 1. The monoisotopic (exact) mass is 508 g/mol. The van der Waals surface area contributed by atoms with Gasteiger partial charge in [-0.15, -0.1) is 0 Å². The van der Waals surface area contributed by atoms with E-state index in [1.54, 1.807) is 29.4 Å². The minimum Gasteiger partial charge on any atom is -0.378 e. The number of pyridine rings is 1. The van der Waals surface area contributed by atoms with Gasteiger partial charge in [0.1, 0.15) is 11.0 Å². The highest BCUT2D eigenvalue weighted by Gasteiger charge is 2.18. The molecule has 0 unspecified atom stereocenters. The Bertz CT molecular complexity index is 1180. The van der Waals surface area contributed by atoms with E-state index in [2.05, 4.69) is 25.9 Å². The minimum atomic E-state index is -0.121. The Morgan fingerprint density at radius 2 is 2.00 bits per heavy atom. The van der Waals surface area contributed by atoms with Crippen LogP contribution in [0, 0.1) is 11.3 Å². The van der Waals surface area contributed by atoms with E-state index in [1.165, 1.54) is 11.8 Å². The van der Waals surface area contributed by atoms with Crippen LogP contribution >= 0.6 is 23.4 Å². The van der Waals surface area contributed by atoms with Gasteiger partial charge in [-0.25, -0.2) is 9.97 Å². The van der Waals surface area contributed by atoms with Gasteiger partial charge in [-0.1, -0.05) is 41.6 Å². The maximum Gasteiger partial charge on any atom is 0.254 e. The summed E-state index contributed by atoms with van der Waals surface area (Å²) in [7, 11) is 0. The summed E-state index contributed by atoms with van der Waals surface area (Å²) in [6.07, 6.45) is 3.69. The number of rotatable bonds is 9. The van der Waals surface area contributed by atoms with Crippen LogP contribution in [0.2, 0.25) is 5.15 Å². The van der Waals surface area contributed by atoms with Crippen molar-refractivity contribution < 1.29 is 9.53 Å². The summed E-state index contributed by atoms with van der Waals surface area (Å²) in [5, 5.41) is 10.0. The fraction of sp³-hybridized carbons (Fsp3) is 0.320. The van der Waals surface area contributed by atoms with Crippen LogP contribution in [0.1, 0.15) is 27.9 Å². The number of nitrogens with zero attached hydrogens (tertiary/aromatic N) is 6. The van der Waals surface area contributed by atoms with Crippen LogP contribution in [0.3, 0.4) is 0 Å². The second-order valence-corrected chi connectivity index (χ2v) is 9.25. The number of carbonyl (C=O) groups excluding carboxylic acids is 1. The number of nitriles is 1. The third-order valence-corrected chi connectivity index (χ3v) is 6.53. The Morgan fingerprint density at radius 3 is 2.77 bits per heavy atom. The summed E-state index contributed by atoms with van der Waals surface area (Å²) in [5.41, 5.74) is 2.46. The van der Waals surface area contributed by atoms with E-state index >= 15 is 0 Å². The number of aromatic nitrogens is 3. The van der Waals surface area contributed by atoms with Crippen molar-refractivity contribution in [1.82, 2.24) is 19.9 Å². The Kier molecular flexibility index (Phi) is 8.90. The minimum absolute atomic E-state index is 0.121. The maximum atomic E-state index is 13.3. The van der Waals surface area contributed by atoms with Gasteiger partial charge < -0.3 is 14.5 Å². The lowest BCUT2D eigenvalue weighted by molar-refractivity contribution is 0.0746. The standard InChI is InChI=1S/C25H25ClN6O2S/c26-22-15-23(31-10-12-34-13-11-31)30-25(29-22)35-18-19-4-1-6-21(14-19)24(33)32(9-3-7-27)17-20-5-2-8-28-16-20/h1-2,4-6,8,14-16H,3,9-13,17-18H2. The van der Waals surface area contributed by atoms with Gasteiger partial charge >= 0.3 is 0 Å². The molecule has 1 amide bonds. The number of morpholine rings is 1. The SMILES string of the molecule is N#CCCN(Cc1cccnc1)C(=O)c1cccc(CSc2nc(Cl)cc(N3CCOCC3)n2)c1. The topological polar surface area (TPSA) is 95.2 Å². The van der Waals surface area contributed by atoms with E-state index in [9.17, 15) is 4.79 Å². The second kappa shape index (κ2) is 12.5. The molecule has 0 radical (unpaired) electrons. The molecule has 4 rings (SSSR count). The predicted molar refractivity (Wildman–Crippen MR) is 135 cm³/mol. The molecule has 0 bridgehead atoms. The van der Waals surface area contributed by atoms with Crippen molar-refractivity contribution in [3.63, 3.8) is 0 Å². The highest BCUT2D eigenvalue weighted by molar-refractivity contribution is 7.98. The number of ether oxygens (including phenoxy) is 1. The maximum absolute atomic E-state index is 13.3. The molecule has 35 heavy (non-hydrogen) atoms. The van der Waals surface area contributed by atoms with Crippen molar-refractivity contribution >= 4 is 35.1 Å². The first-order valence-corrected chi connectivity index (χ1v) is 12.6. The first kappa shape index (κ1) is 24.9. The van der Waals surface area contributed by atoms with Crippen LogP contribution in [0.15, 0.2) is 60.0 Å². The molecule has 1 aliphatic rings. The van der Waals surface area contributed by atoms with Crippen LogP contribution in [0.4, 0.5) is 5.82 Å². The largest absolute Gasteiger partial charge is 0.378 e. The fourth-order valence-corrected chi connectivity index (χ4v) is 4.70. The number of carbonyl (C=O) groups is 1. The molecule has 0 N–H and O–H groups in total. The fourth-order valence-electron chi connectivity index (χ4n) is 3.68. The van der Waals surface area contributed by atoms with Gasteiger partial charge in [0.2, 0.25) is 0 Å². The Labute approximate surface area is 213 Å². The molecule has 2 aromatic heterocycles. The lowest BCUT2D eigenvalue weighted by Gasteiger charge is -2.27. The molecule has 1 fully saturated rings. The molecule has 0 aliphatic carbocycles. The van der Waals surface area contributed by atoms with Gasteiger partial charge in [-0.3, -0.25) is 9.78 Å². The van der Waals surface area contributed by atoms with Crippen molar-refractivity contribution in [2.75, 3.05) is 37.7 Å². The zero-order chi connectivity index (χ0) is 24.5. The van der Waals surface area contributed by atoms with Gasteiger partial charge in [0.25, 0.3) is 5.91 Å². The van der Waals surface area contributed by atoms with Crippen molar-refractivity contribution in [3.8, 4) is 6.07 Å². The highest BCUT2D eigenvalue weighted by atomic mass is 35.5. The van der Waals surface area contributed by atoms with Crippen molar-refractivity contribution in [3.05, 3.63) is 76.7 Å². The molecule has 8 nitrogen and oxygen atoms in total. The molecule has 10 heteroatoms. The summed E-state index contributed by atoms with van der Waals surface area (Å²) in [5.74, 6) is 1.26. The van der Waals surface area contributed by atoms with Crippen LogP contribution < -0.4 is 4.90 Å². The Hall–Kier alpha value is -3.19. The summed E-state index contributed by atoms with van der Waals surface area (Å²) >= 11 is 7.73. The second-order valence-electron chi connectivity index (χ2n) is 7.92. The number of hydrogen-bond acceptors (Lipinski definition) is 8. The Morgan fingerprint density at radius 1 is 1.17 bits per heavy atom. The average molecular weight is 509 g/mol. The molecular formula is C25H25ClN6O2S. The smallest absolute Gasteiger partial charge is 0.254 e. The summed E-state index contributed by atoms with van der Waals surface area (Å²) < 4.78 is 5.42. The summed E-state index contributed by atoms with van der Waals surface area (Å²) in [4.78, 5) is 30.2. The van der Waals surface area contributed by atoms with Crippen LogP contribution in [-0.2, 0) is 17.0 Å². The van der Waals surface area contributed by atoms with Gasteiger partial charge in [0.15, 0.2) is 5.16 Å². The van der Waals surface area contributed by atoms with Crippen molar-refractivity contribution in [1.29, 1.82) is 5.26 Å². The lowest BCUT2D eigenvalue weighted by atomic mass is 10.1. The normalized spacial score (nSPS) is 13.3. The summed E-state index contributed by atoms with van der Waals surface area (Å²) in [6.45, 7) is 3.61. The van der Waals surface area contributed by atoms with Crippen LogP contribution in [-0.4, -0.2) is 58.6 Å². The van der Waals surface area contributed by atoms with Crippen molar-refractivity contribution in [2.24, 2.45) is 0 Å². The molecule has 3 aromatic rings. The lowest BCUT2D eigenvalue weighted by Crippen LogP contribution is -2.36.